The maximum atomic E-state index is 13.3. The average molecular weight is 321 g/mol. The topological polar surface area (TPSA) is 50.7 Å². The lowest BCUT2D eigenvalue weighted by atomic mass is 10.2. The number of hydrogen-bond acceptors (Lipinski definition) is 3. The lowest BCUT2D eigenvalue weighted by molar-refractivity contribution is -0.123. The van der Waals surface area contributed by atoms with Gasteiger partial charge in [0.2, 0.25) is 0 Å². The van der Waals surface area contributed by atoms with E-state index in [-0.39, 0.29) is 12.2 Å². The van der Waals surface area contributed by atoms with E-state index in [0.29, 0.717) is 10.8 Å². The molecule has 0 aliphatic carbocycles. The summed E-state index contributed by atoms with van der Waals surface area (Å²) >= 11 is 5.83. The van der Waals surface area contributed by atoms with E-state index in [9.17, 15) is 9.18 Å². The summed E-state index contributed by atoms with van der Waals surface area (Å²) in [5, 5.41) is 4.29. The Morgan fingerprint density at radius 2 is 2.14 bits per heavy atom. The quantitative estimate of drug-likeness (QED) is 0.678. The van der Waals surface area contributed by atoms with E-state index < -0.39 is 11.7 Å². The third-order valence-corrected chi connectivity index (χ3v) is 3.03. The van der Waals surface area contributed by atoms with Crippen LogP contribution >= 0.6 is 11.6 Å². The van der Waals surface area contributed by atoms with Gasteiger partial charge in [0.05, 0.1) is 6.21 Å². The summed E-state index contributed by atoms with van der Waals surface area (Å²) in [7, 11) is 0. The summed E-state index contributed by atoms with van der Waals surface area (Å²) in [5.41, 5.74) is 3.39. The highest BCUT2D eigenvalue weighted by Crippen LogP contribution is 2.21. The van der Waals surface area contributed by atoms with E-state index in [1.165, 1.54) is 12.3 Å². The number of hydrazone groups is 1. The third kappa shape index (κ3) is 4.56. The monoisotopic (exact) mass is 320 g/mol. The summed E-state index contributed by atoms with van der Waals surface area (Å²) in [6.45, 7) is 1.63. The van der Waals surface area contributed by atoms with E-state index in [4.69, 9.17) is 16.3 Å². The maximum absolute atomic E-state index is 13.3. The molecular formula is C16H14ClFN2O2. The van der Waals surface area contributed by atoms with Gasteiger partial charge in [-0.3, -0.25) is 4.79 Å². The number of hydrogen-bond donors (Lipinski definition) is 1. The molecule has 0 heterocycles. The van der Waals surface area contributed by atoms with Gasteiger partial charge in [0, 0.05) is 10.6 Å². The van der Waals surface area contributed by atoms with Crippen molar-refractivity contribution in [1.29, 1.82) is 0 Å². The highest BCUT2D eigenvalue weighted by Gasteiger charge is 2.04. The van der Waals surface area contributed by atoms with Gasteiger partial charge in [-0.05, 0) is 36.8 Å². The van der Waals surface area contributed by atoms with E-state index in [0.717, 1.165) is 5.56 Å². The van der Waals surface area contributed by atoms with Crippen LogP contribution in [0.2, 0.25) is 5.02 Å². The van der Waals surface area contributed by atoms with Crippen LogP contribution in [-0.4, -0.2) is 18.7 Å². The number of nitrogens with one attached hydrogen (secondary N) is 1. The van der Waals surface area contributed by atoms with Crippen molar-refractivity contribution in [3.8, 4) is 5.75 Å². The highest BCUT2D eigenvalue weighted by molar-refractivity contribution is 6.30. The molecular weight excluding hydrogens is 307 g/mol. The molecule has 2 aromatic carbocycles. The van der Waals surface area contributed by atoms with Gasteiger partial charge >= 0.3 is 0 Å². The normalized spacial score (nSPS) is 10.7. The number of nitrogens with zero attached hydrogens (tertiary/aromatic N) is 1. The molecule has 114 valence electrons. The van der Waals surface area contributed by atoms with Crippen molar-refractivity contribution in [3.63, 3.8) is 0 Å². The molecule has 0 radical (unpaired) electrons. The molecule has 0 atom stereocenters. The van der Waals surface area contributed by atoms with Crippen molar-refractivity contribution in [2.45, 2.75) is 6.92 Å². The fourth-order valence-electron chi connectivity index (χ4n) is 1.70. The Morgan fingerprint density at radius 3 is 2.86 bits per heavy atom. The van der Waals surface area contributed by atoms with Gasteiger partial charge in [-0.25, -0.2) is 9.82 Å². The zero-order chi connectivity index (χ0) is 15.9. The van der Waals surface area contributed by atoms with Crippen LogP contribution in [0.3, 0.4) is 0 Å². The Hall–Kier alpha value is -2.40. The first-order valence-corrected chi connectivity index (χ1v) is 6.89. The molecule has 4 nitrogen and oxygen atoms in total. The molecule has 1 N–H and O–H groups in total. The van der Waals surface area contributed by atoms with Crippen LogP contribution in [0.5, 0.6) is 5.75 Å². The summed E-state index contributed by atoms with van der Waals surface area (Å²) in [4.78, 5) is 11.6. The second kappa shape index (κ2) is 7.56. The number of halogens is 2. The number of rotatable bonds is 5. The van der Waals surface area contributed by atoms with Crippen molar-refractivity contribution >= 4 is 23.7 Å². The average Bonchev–Trinajstić information content (AvgIpc) is 2.48. The first kappa shape index (κ1) is 16.0. The second-order valence-electron chi connectivity index (χ2n) is 4.51. The summed E-state index contributed by atoms with van der Waals surface area (Å²) in [5.74, 6) is -0.284. The van der Waals surface area contributed by atoms with Gasteiger partial charge in [0.15, 0.2) is 6.61 Å². The number of benzene rings is 2. The number of carbonyl (C=O) groups excluding carboxylic acids is 1. The van der Waals surface area contributed by atoms with Crippen LogP contribution in [0.15, 0.2) is 47.6 Å². The predicted octanol–water partition coefficient (Wildman–Crippen LogP) is 3.32. The number of carbonyl (C=O) groups is 1. The molecule has 0 spiro atoms. The molecule has 0 aliphatic rings. The van der Waals surface area contributed by atoms with Crippen molar-refractivity contribution in [3.05, 3.63) is 64.4 Å². The predicted molar refractivity (Wildman–Crippen MR) is 83.8 cm³/mol. The molecule has 0 aliphatic heterocycles. The third-order valence-electron chi connectivity index (χ3n) is 2.79. The summed E-state index contributed by atoms with van der Waals surface area (Å²) in [6.07, 6.45) is 1.24. The van der Waals surface area contributed by atoms with Gasteiger partial charge in [-0.15, -0.1) is 0 Å². The Bertz CT molecular complexity index is 704. The smallest absolute Gasteiger partial charge is 0.277 e. The molecule has 0 unspecified atom stereocenters. The van der Waals surface area contributed by atoms with Gasteiger partial charge in [-0.2, -0.15) is 5.10 Å². The van der Waals surface area contributed by atoms with Crippen molar-refractivity contribution < 1.29 is 13.9 Å². The SMILES string of the molecule is Cc1cc(Cl)ccc1OCC(=O)NN=Cc1ccccc1F. The van der Waals surface area contributed by atoms with Gasteiger partial charge in [-0.1, -0.05) is 29.8 Å². The zero-order valence-corrected chi connectivity index (χ0v) is 12.6. The minimum absolute atomic E-state index is 0.197. The highest BCUT2D eigenvalue weighted by atomic mass is 35.5. The van der Waals surface area contributed by atoms with Crippen molar-refractivity contribution in [2.75, 3.05) is 6.61 Å². The molecule has 1 amide bonds. The lowest BCUT2D eigenvalue weighted by Crippen LogP contribution is -2.24. The molecule has 6 heteroatoms. The lowest BCUT2D eigenvalue weighted by Gasteiger charge is -2.08. The Morgan fingerprint density at radius 1 is 1.36 bits per heavy atom. The van der Waals surface area contributed by atoms with Crippen LogP contribution in [0.4, 0.5) is 4.39 Å². The fourth-order valence-corrected chi connectivity index (χ4v) is 1.93. The largest absolute Gasteiger partial charge is 0.483 e. The van der Waals surface area contributed by atoms with E-state index in [1.807, 2.05) is 6.92 Å². The molecule has 0 bridgehead atoms. The molecule has 2 rings (SSSR count). The molecule has 22 heavy (non-hydrogen) atoms. The Kier molecular flexibility index (Phi) is 5.49. The number of ether oxygens (including phenoxy) is 1. The van der Waals surface area contributed by atoms with Crippen LogP contribution in [-0.2, 0) is 4.79 Å². The minimum Gasteiger partial charge on any atom is -0.483 e. The number of amides is 1. The Balaban J connectivity index is 1.84. The molecule has 0 fully saturated rings. The zero-order valence-electron chi connectivity index (χ0n) is 11.8. The molecule has 2 aromatic rings. The fraction of sp³-hybridized carbons (Fsp3) is 0.125. The first-order valence-electron chi connectivity index (χ1n) is 6.51. The van der Waals surface area contributed by atoms with Crippen LogP contribution in [0.1, 0.15) is 11.1 Å². The van der Waals surface area contributed by atoms with Crippen LogP contribution in [0, 0.1) is 12.7 Å². The molecule has 0 aromatic heterocycles. The van der Waals surface area contributed by atoms with E-state index in [2.05, 4.69) is 10.5 Å². The van der Waals surface area contributed by atoms with Crippen LogP contribution in [0.25, 0.3) is 0 Å². The van der Waals surface area contributed by atoms with Gasteiger partial charge in [0.1, 0.15) is 11.6 Å². The maximum Gasteiger partial charge on any atom is 0.277 e. The minimum atomic E-state index is -0.443. The summed E-state index contributed by atoms with van der Waals surface area (Å²) < 4.78 is 18.7. The van der Waals surface area contributed by atoms with E-state index >= 15 is 0 Å². The molecule has 0 saturated carbocycles. The van der Waals surface area contributed by atoms with Crippen molar-refractivity contribution in [2.24, 2.45) is 5.10 Å². The van der Waals surface area contributed by atoms with Crippen LogP contribution < -0.4 is 10.2 Å². The van der Waals surface area contributed by atoms with Gasteiger partial charge < -0.3 is 4.74 Å². The van der Waals surface area contributed by atoms with E-state index in [1.54, 1.807) is 36.4 Å². The number of aryl methyl sites for hydroxylation is 1. The second-order valence-corrected chi connectivity index (χ2v) is 4.95. The van der Waals surface area contributed by atoms with Crippen molar-refractivity contribution in [1.82, 2.24) is 5.43 Å². The molecule has 0 saturated heterocycles. The summed E-state index contributed by atoms with van der Waals surface area (Å²) in [6, 6.07) is 11.2. The first-order chi connectivity index (χ1) is 10.6. The Labute approximate surface area is 132 Å². The van der Waals surface area contributed by atoms with Gasteiger partial charge in [0.25, 0.3) is 5.91 Å². The standard InChI is InChI=1S/C16H14ClFN2O2/c1-11-8-13(17)6-7-15(11)22-10-16(21)20-19-9-12-4-2-3-5-14(12)18/h2-9H,10H2,1H3,(H,20,21).